The van der Waals surface area contributed by atoms with Crippen molar-refractivity contribution < 1.29 is 8.78 Å². The van der Waals surface area contributed by atoms with Crippen LogP contribution in [0.25, 0.3) is 10.8 Å². The fourth-order valence-electron chi connectivity index (χ4n) is 2.12. The van der Waals surface area contributed by atoms with Crippen molar-refractivity contribution in [1.82, 2.24) is 4.98 Å². The summed E-state index contributed by atoms with van der Waals surface area (Å²) in [7, 11) is 0. The molecule has 2 aromatic carbocycles. The summed E-state index contributed by atoms with van der Waals surface area (Å²) in [5.74, 6) is -1.11. The zero-order valence-corrected chi connectivity index (χ0v) is 10.6. The third kappa shape index (κ3) is 2.45. The second-order valence-corrected chi connectivity index (χ2v) is 4.49. The van der Waals surface area contributed by atoms with Gasteiger partial charge in [0.15, 0.2) is 0 Å². The summed E-state index contributed by atoms with van der Waals surface area (Å²) >= 11 is 0. The summed E-state index contributed by atoms with van der Waals surface area (Å²) in [6.45, 7) is 0.292. The van der Waals surface area contributed by atoms with E-state index < -0.39 is 11.6 Å². The minimum Gasteiger partial charge on any atom is -0.380 e. The van der Waals surface area contributed by atoms with Gasteiger partial charge in [0.1, 0.15) is 11.6 Å². The topological polar surface area (TPSA) is 24.9 Å². The van der Waals surface area contributed by atoms with Crippen molar-refractivity contribution >= 4 is 16.5 Å². The molecule has 0 amide bonds. The van der Waals surface area contributed by atoms with Gasteiger partial charge in [-0.3, -0.25) is 4.98 Å². The number of aromatic nitrogens is 1. The molecule has 3 aromatic rings. The predicted molar refractivity (Wildman–Crippen MR) is 75.4 cm³/mol. The molecule has 0 fully saturated rings. The molecule has 1 aromatic heterocycles. The van der Waals surface area contributed by atoms with Crippen LogP contribution in [0.3, 0.4) is 0 Å². The van der Waals surface area contributed by atoms with Crippen molar-refractivity contribution in [3.8, 4) is 0 Å². The highest BCUT2D eigenvalue weighted by atomic mass is 19.1. The van der Waals surface area contributed by atoms with Gasteiger partial charge in [-0.2, -0.15) is 0 Å². The first kappa shape index (κ1) is 12.5. The third-order valence-corrected chi connectivity index (χ3v) is 3.17. The molecule has 0 saturated carbocycles. The first-order chi connectivity index (χ1) is 9.74. The Labute approximate surface area is 115 Å². The standard InChI is InChI=1S/C16H12F2N2/c17-13-5-4-12(15(18)8-13)9-20-16-3-1-2-11-6-7-19-10-14(11)16/h1-8,10,20H,9H2. The van der Waals surface area contributed by atoms with Crippen molar-refractivity contribution in [2.45, 2.75) is 6.54 Å². The Hall–Kier alpha value is -2.49. The molecule has 0 unspecified atom stereocenters. The molecule has 0 aliphatic rings. The largest absolute Gasteiger partial charge is 0.380 e. The van der Waals surface area contributed by atoms with Crippen LogP contribution in [0, 0.1) is 11.6 Å². The highest BCUT2D eigenvalue weighted by Crippen LogP contribution is 2.23. The van der Waals surface area contributed by atoms with Gasteiger partial charge in [0.2, 0.25) is 0 Å². The summed E-state index contributed by atoms with van der Waals surface area (Å²) < 4.78 is 26.4. The Morgan fingerprint density at radius 1 is 1.05 bits per heavy atom. The number of halogens is 2. The van der Waals surface area contributed by atoms with Crippen LogP contribution < -0.4 is 5.32 Å². The molecule has 0 spiro atoms. The second-order valence-electron chi connectivity index (χ2n) is 4.49. The zero-order valence-electron chi connectivity index (χ0n) is 10.6. The molecule has 0 aliphatic carbocycles. The number of rotatable bonds is 3. The lowest BCUT2D eigenvalue weighted by molar-refractivity contribution is 0.574. The lowest BCUT2D eigenvalue weighted by atomic mass is 10.1. The second kappa shape index (κ2) is 5.25. The molecule has 4 heteroatoms. The van der Waals surface area contributed by atoms with Crippen molar-refractivity contribution in [2.24, 2.45) is 0 Å². The molecule has 0 atom stereocenters. The molecule has 0 bridgehead atoms. The van der Waals surface area contributed by atoms with Crippen LogP contribution in [0.2, 0.25) is 0 Å². The number of nitrogens with zero attached hydrogens (tertiary/aromatic N) is 1. The lowest BCUT2D eigenvalue weighted by Crippen LogP contribution is -2.02. The summed E-state index contributed by atoms with van der Waals surface area (Å²) in [5.41, 5.74) is 1.30. The minimum atomic E-state index is -0.569. The SMILES string of the molecule is Fc1ccc(CNc2cccc3ccncc23)c(F)c1. The van der Waals surface area contributed by atoms with Gasteiger partial charge in [0.05, 0.1) is 0 Å². The van der Waals surface area contributed by atoms with Crippen LogP contribution >= 0.6 is 0 Å². The first-order valence-corrected chi connectivity index (χ1v) is 6.24. The molecule has 2 nitrogen and oxygen atoms in total. The highest BCUT2D eigenvalue weighted by Gasteiger charge is 2.05. The predicted octanol–water partition coefficient (Wildman–Crippen LogP) is 4.13. The van der Waals surface area contributed by atoms with Crippen molar-refractivity contribution in [3.63, 3.8) is 0 Å². The monoisotopic (exact) mass is 270 g/mol. The molecular weight excluding hydrogens is 258 g/mol. The molecule has 0 aliphatic heterocycles. The van der Waals surface area contributed by atoms with Gasteiger partial charge in [0.25, 0.3) is 0 Å². The molecule has 3 rings (SSSR count). The van der Waals surface area contributed by atoms with E-state index >= 15 is 0 Å². The number of benzene rings is 2. The molecular formula is C16H12F2N2. The Kier molecular flexibility index (Phi) is 3.29. The molecule has 1 N–H and O–H groups in total. The van der Waals surface area contributed by atoms with Gasteiger partial charge in [-0.15, -0.1) is 0 Å². The van der Waals surface area contributed by atoms with Crippen LogP contribution in [-0.2, 0) is 6.54 Å². The van der Waals surface area contributed by atoms with Crippen LogP contribution in [0.15, 0.2) is 54.9 Å². The van der Waals surface area contributed by atoms with Crippen LogP contribution in [0.4, 0.5) is 14.5 Å². The Morgan fingerprint density at radius 3 is 2.80 bits per heavy atom. The average Bonchev–Trinajstić information content (AvgIpc) is 2.46. The molecule has 0 saturated heterocycles. The van der Waals surface area contributed by atoms with Gasteiger partial charge in [0, 0.05) is 41.6 Å². The maximum Gasteiger partial charge on any atom is 0.131 e. The van der Waals surface area contributed by atoms with Gasteiger partial charge in [-0.25, -0.2) is 8.78 Å². The lowest BCUT2D eigenvalue weighted by Gasteiger charge is -2.10. The van der Waals surface area contributed by atoms with Gasteiger partial charge < -0.3 is 5.32 Å². The quantitative estimate of drug-likeness (QED) is 0.774. The van der Waals surface area contributed by atoms with E-state index in [9.17, 15) is 8.78 Å². The van der Waals surface area contributed by atoms with Crippen molar-refractivity contribution in [3.05, 3.63) is 72.1 Å². The molecule has 0 radical (unpaired) electrons. The van der Waals surface area contributed by atoms with E-state index in [4.69, 9.17) is 0 Å². The molecule has 20 heavy (non-hydrogen) atoms. The van der Waals surface area contributed by atoms with E-state index in [-0.39, 0.29) is 0 Å². The van der Waals surface area contributed by atoms with E-state index in [1.165, 1.54) is 12.1 Å². The number of hydrogen-bond acceptors (Lipinski definition) is 2. The van der Waals surface area contributed by atoms with E-state index in [2.05, 4.69) is 10.3 Å². The van der Waals surface area contributed by atoms with E-state index in [0.29, 0.717) is 12.1 Å². The van der Waals surface area contributed by atoms with Gasteiger partial charge >= 0.3 is 0 Å². The average molecular weight is 270 g/mol. The fourth-order valence-corrected chi connectivity index (χ4v) is 2.12. The maximum absolute atomic E-state index is 13.6. The van der Waals surface area contributed by atoms with Crippen molar-refractivity contribution in [2.75, 3.05) is 5.32 Å². The van der Waals surface area contributed by atoms with E-state index in [1.807, 2.05) is 24.3 Å². The maximum atomic E-state index is 13.6. The summed E-state index contributed by atoms with van der Waals surface area (Å²) in [5, 5.41) is 5.19. The zero-order chi connectivity index (χ0) is 13.9. The van der Waals surface area contributed by atoms with Crippen LogP contribution in [-0.4, -0.2) is 4.98 Å². The Morgan fingerprint density at radius 2 is 1.95 bits per heavy atom. The number of pyridine rings is 1. The minimum absolute atomic E-state index is 0.292. The highest BCUT2D eigenvalue weighted by molar-refractivity contribution is 5.93. The third-order valence-electron chi connectivity index (χ3n) is 3.17. The number of nitrogens with one attached hydrogen (secondary N) is 1. The first-order valence-electron chi connectivity index (χ1n) is 6.24. The van der Waals surface area contributed by atoms with Gasteiger partial charge in [-0.1, -0.05) is 18.2 Å². The van der Waals surface area contributed by atoms with Crippen LogP contribution in [0.5, 0.6) is 0 Å². The van der Waals surface area contributed by atoms with Crippen molar-refractivity contribution in [1.29, 1.82) is 0 Å². The number of anilines is 1. The van der Waals surface area contributed by atoms with E-state index in [0.717, 1.165) is 22.5 Å². The number of fused-ring (bicyclic) bond motifs is 1. The van der Waals surface area contributed by atoms with E-state index in [1.54, 1.807) is 12.4 Å². The Bertz CT molecular complexity index is 751. The van der Waals surface area contributed by atoms with Gasteiger partial charge in [-0.05, 0) is 23.6 Å². The summed E-state index contributed by atoms with van der Waals surface area (Å²) in [6.07, 6.45) is 3.49. The van der Waals surface area contributed by atoms with Crippen LogP contribution in [0.1, 0.15) is 5.56 Å². The normalized spacial score (nSPS) is 10.7. The summed E-state index contributed by atoms with van der Waals surface area (Å²) in [4.78, 5) is 4.09. The number of hydrogen-bond donors (Lipinski definition) is 1. The molecule has 100 valence electrons. The summed E-state index contributed by atoms with van der Waals surface area (Å²) in [6, 6.07) is 11.3. The fraction of sp³-hybridized carbons (Fsp3) is 0.0625. The smallest absolute Gasteiger partial charge is 0.131 e. The Balaban J connectivity index is 1.87. The molecule has 1 heterocycles.